The predicted octanol–water partition coefficient (Wildman–Crippen LogP) is 1.39. The van der Waals surface area contributed by atoms with Gasteiger partial charge in [0.15, 0.2) is 0 Å². The third-order valence-electron chi connectivity index (χ3n) is 4.11. The van der Waals surface area contributed by atoms with Crippen LogP contribution in [0.15, 0.2) is 65.6 Å². The molecule has 0 fully saturated rings. The van der Waals surface area contributed by atoms with Crippen molar-refractivity contribution in [2.24, 2.45) is 0 Å². The normalized spacial score (nSPS) is 11.4. The maximum Gasteiger partial charge on any atom is 0.490 e. The molecule has 3 aromatic carbocycles. The molecule has 26 heavy (non-hydrogen) atoms. The molecule has 0 aromatic heterocycles. The average Bonchev–Trinajstić information content (AvgIpc) is 2.60. The second-order valence-corrected chi connectivity index (χ2v) is 7.74. The van der Waals surface area contributed by atoms with Crippen LogP contribution in [0.25, 0.3) is 10.8 Å². The molecule has 8 heteroatoms. The largest absolute Gasteiger partial charge is 0.490 e. The van der Waals surface area contributed by atoms with E-state index in [1.54, 1.807) is 24.3 Å². The van der Waals surface area contributed by atoms with Gasteiger partial charge in [0.25, 0.3) is 10.0 Å². The van der Waals surface area contributed by atoms with Crippen LogP contribution < -0.4 is 15.1 Å². The van der Waals surface area contributed by atoms with Crippen LogP contribution in [0.3, 0.4) is 0 Å². The molecule has 0 saturated heterocycles. The van der Waals surface area contributed by atoms with E-state index < -0.39 is 17.1 Å². The highest BCUT2D eigenvalue weighted by Gasteiger charge is 2.22. The lowest BCUT2D eigenvalue weighted by atomic mass is 9.79. The van der Waals surface area contributed by atoms with Crippen molar-refractivity contribution < 1.29 is 18.5 Å². The Morgan fingerprint density at radius 1 is 0.885 bits per heavy atom. The average molecular weight is 370 g/mol. The molecule has 0 aliphatic carbocycles. The summed E-state index contributed by atoms with van der Waals surface area (Å²) in [4.78, 5) is 2.05. The zero-order valence-electron chi connectivity index (χ0n) is 14.4. The molecule has 134 valence electrons. The zero-order chi connectivity index (χ0) is 18.9. The van der Waals surface area contributed by atoms with E-state index in [9.17, 15) is 18.5 Å². The van der Waals surface area contributed by atoms with E-state index >= 15 is 0 Å². The number of para-hydroxylation sites is 1. The molecule has 0 bridgehead atoms. The first kappa shape index (κ1) is 18.3. The van der Waals surface area contributed by atoms with Crippen LogP contribution in [0.2, 0.25) is 0 Å². The number of nitrogens with zero attached hydrogens (tertiary/aromatic N) is 1. The van der Waals surface area contributed by atoms with Crippen molar-refractivity contribution in [2.45, 2.75) is 4.90 Å². The molecule has 0 amide bonds. The van der Waals surface area contributed by atoms with E-state index in [4.69, 9.17) is 0 Å². The predicted molar refractivity (Wildman–Crippen MR) is 105 cm³/mol. The summed E-state index contributed by atoms with van der Waals surface area (Å²) in [6, 6.07) is 16.7. The zero-order valence-corrected chi connectivity index (χ0v) is 15.2. The van der Waals surface area contributed by atoms with Crippen LogP contribution in [-0.2, 0) is 10.0 Å². The Hall–Kier alpha value is -2.55. The number of hydrogen-bond donors (Lipinski definition) is 3. The van der Waals surface area contributed by atoms with Crippen molar-refractivity contribution in [1.82, 2.24) is 0 Å². The van der Waals surface area contributed by atoms with Crippen LogP contribution in [-0.4, -0.2) is 39.7 Å². The smallest absolute Gasteiger partial charge is 0.423 e. The van der Waals surface area contributed by atoms with Crippen LogP contribution in [0.5, 0.6) is 0 Å². The second-order valence-electron chi connectivity index (χ2n) is 6.09. The summed E-state index contributed by atoms with van der Waals surface area (Å²) >= 11 is 0. The van der Waals surface area contributed by atoms with Crippen molar-refractivity contribution in [3.63, 3.8) is 0 Å². The van der Waals surface area contributed by atoms with Crippen LogP contribution >= 0.6 is 0 Å². The van der Waals surface area contributed by atoms with Gasteiger partial charge in [0.1, 0.15) is 0 Å². The molecular formula is C18H19BN2O4S. The minimum atomic E-state index is -3.93. The first-order chi connectivity index (χ1) is 12.3. The monoisotopic (exact) mass is 370 g/mol. The number of sulfonamides is 1. The van der Waals surface area contributed by atoms with Gasteiger partial charge < -0.3 is 14.9 Å². The van der Waals surface area contributed by atoms with E-state index in [0.29, 0.717) is 5.39 Å². The van der Waals surface area contributed by atoms with Gasteiger partial charge in [0.05, 0.1) is 4.90 Å². The number of nitrogens with one attached hydrogen (secondary N) is 1. The quantitative estimate of drug-likeness (QED) is 0.591. The fraction of sp³-hybridized carbons (Fsp3) is 0.111. The van der Waals surface area contributed by atoms with Gasteiger partial charge in [-0.25, -0.2) is 8.42 Å². The van der Waals surface area contributed by atoms with Gasteiger partial charge >= 0.3 is 7.12 Å². The molecule has 0 atom stereocenters. The molecule has 6 nitrogen and oxygen atoms in total. The molecular weight excluding hydrogens is 351 g/mol. The van der Waals surface area contributed by atoms with Gasteiger partial charge in [0, 0.05) is 41.7 Å². The third-order valence-corrected chi connectivity index (χ3v) is 5.54. The fourth-order valence-electron chi connectivity index (χ4n) is 2.90. The summed E-state index contributed by atoms with van der Waals surface area (Å²) in [6.45, 7) is 0. The van der Waals surface area contributed by atoms with Gasteiger partial charge in [-0.05, 0) is 18.2 Å². The second kappa shape index (κ2) is 6.99. The van der Waals surface area contributed by atoms with Gasteiger partial charge in [0.2, 0.25) is 0 Å². The summed E-state index contributed by atoms with van der Waals surface area (Å²) < 4.78 is 28.4. The number of fused-ring (bicyclic) bond motifs is 1. The molecule has 0 aliphatic heterocycles. The maximum absolute atomic E-state index is 13.0. The van der Waals surface area contributed by atoms with E-state index in [1.165, 1.54) is 18.2 Å². The Morgan fingerprint density at radius 2 is 1.54 bits per heavy atom. The van der Waals surface area contributed by atoms with E-state index in [-0.39, 0.29) is 16.0 Å². The summed E-state index contributed by atoms with van der Waals surface area (Å²) in [6.07, 6.45) is 0. The highest BCUT2D eigenvalue weighted by Crippen LogP contribution is 2.30. The lowest BCUT2D eigenvalue weighted by Gasteiger charge is -2.18. The number of benzene rings is 3. The van der Waals surface area contributed by atoms with Gasteiger partial charge in [-0.2, -0.15) is 0 Å². The first-order valence-corrected chi connectivity index (χ1v) is 9.46. The standard InChI is InChI=1S/C18H19BN2O4S/c1-21(2)17-11-5-8-14-13(17)7-6-12-18(14)26(24,25)20-16-10-4-3-9-15(16)19(22)23/h3-12,20,22-23H,1-2H3. The van der Waals surface area contributed by atoms with Gasteiger partial charge in [-0.3, -0.25) is 4.72 Å². The Balaban J connectivity index is 2.13. The van der Waals surface area contributed by atoms with Crippen LogP contribution in [0.4, 0.5) is 11.4 Å². The number of rotatable bonds is 5. The van der Waals surface area contributed by atoms with Crippen molar-refractivity contribution in [1.29, 1.82) is 0 Å². The van der Waals surface area contributed by atoms with Gasteiger partial charge in [-0.1, -0.05) is 42.5 Å². The molecule has 3 rings (SSSR count). The SMILES string of the molecule is CN(C)c1cccc2c(S(=O)(=O)Nc3ccccc3B(O)O)cccc12. The Bertz CT molecular complexity index is 1050. The maximum atomic E-state index is 13.0. The molecule has 0 saturated carbocycles. The van der Waals surface area contributed by atoms with Crippen molar-refractivity contribution in [3.05, 3.63) is 60.7 Å². The topological polar surface area (TPSA) is 89.9 Å². The number of hydrogen-bond acceptors (Lipinski definition) is 5. The lowest BCUT2D eigenvalue weighted by molar-refractivity contribution is 0.426. The molecule has 3 N–H and O–H groups in total. The molecule has 0 aliphatic rings. The van der Waals surface area contributed by atoms with Crippen LogP contribution in [0.1, 0.15) is 0 Å². The van der Waals surface area contributed by atoms with E-state index in [2.05, 4.69) is 4.72 Å². The summed E-state index contributed by atoms with van der Waals surface area (Å²) in [5, 5.41) is 20.3. The Kier molecular flexibility index (Phi) is 4.91. The van der Waals surface area contributed by atoms with Gasteiger partial charge in [-0.15, -0.1) is 0 Å². The molecule has 3 aromatic rings. The highest BCUT2D eigenvalue weighted by molar-refractivity contribution is 7.93. The summed E-state index contributed by atoms with van der Waals surface area (Å²) in [5.74, 6) is 0. The summed E-state index contributed by atoms with van der Waals surface area (Å²) in [7, 11) is -1.91. The van der Waals surface area contributed by atoms with Crippen LogP contribution in [0, 0.1) is 0 Å². The van der Waals surface area contributed by atoms with Crippen molar-refractivity contribution >= 4 is 44.8 Å². The minimum Gasteiger partial charge on any atom is -0.423 e. The van der Waals surface area contributed by atoms with Crippen molar-refractivity contribution in [2.75, 3.05) is 23.7 Å². The first-order valence-electron chi connectivity index (χ1n) is 7.98. The highest BCUT2D eigenvalue weighted by atomic mass is 32.2. The Labute approximate surface area is 152 Å². The number of anilines is 2. The van der Waals surface area contributed by atoms with Crippen molar-refractivity contribution in [3.8, 4) is 0 Å². The van der Waals surface area contributed by atoms with E-state index in [0.717, 1.165) is 11.1 Å². The Morgan fingerprint density at radius 3 is 2.23 bits per heavy atom. The third kappa shape index (κ3) is 3.39. The minimum absolute atomic E-state index is 0.0882. The van der Waals surface area contributed by atoms with E-state index in [1.807, 2.05) is 37.2 Å². The molecule has 0 radical (unpaired) electrons. The fourth-order valence-corrected chi connectivity index (χ4v) is 4.21. The molecule has 0 heterocycles. The summed E-state index contributed by atoms with van der Waals surface area (Å²) in [5.41, 5.74) is 1.12. The lowest BCUT2D eigenvalue weighted by Crippen LogP contribution is -2.33. The molecule has 0 spiro atoms. The molecule has 0 unspecified atom stereocenters.